The molecule has 1 aliphatic rings. The molecule has 1 saturated heterocycles. The van der Waals surface area contributed by atoms with Gasteiger partial charge >= 0.3 is 0 Å². The van der Waals surface area contributed by atoms with Gasteiger partial charge in [-0.25, -0.2) is 0 Å². The highest BCUT2D eigenvalue weighted by Crippen LogP contribution is 2.16. The fourth-order valence-corrected chi connectivity index (χ4v) is 2.07. The second-order valence-electron chi connectivity index (χ2n) is 3.85. The monoisotopic (exact) mass is 249 g/mol. The minimum Gasteiger partial charge on any atom is -0.386 e. The second kappa shape index (κ2) is 7.11. The molecule has 1 atom stereocenters. The number of hydrogen-bond acceptors (Lipinski definition) is 5. The minimum atomic E-state index is -0.868. The van der Waals surface area contributed by atoms with Gasteiger partial charge in [-0.3, -0.25) is 4.79 Å². The van der Waals surface area contributed by atoms with Crippen LogP contribution in [-0.4, -0.2) is 61.6 Å². The first-order valence-corrected chi connectivity index (χ1v) is 6.45. The van der Waals surface area contributed by atoms with Crippen molar-refractivity contribution in [2.75, 3.05) is 45.0 Å². The highest BCUT2D eigenvalue weighted by Gasteiger charge is 2.32. The predicted molar refractivity (Wildman–Crippen MR) is 62.6 cm³/mol. The van der Waals surface area contributed by atoms with E-state index in [-0.39, 0.29) is 12.5 Å². The summed E-state index contributed by atoms with van der Waals surface area (Å²) < 4.78 is 9.95. The van der Waals surface area contributed by atoms with Gasteiger partial charge in [0, 0.05) is 32.4 Å². The number of rotatable bonds is 7. The summed E-state index contributed by atoms with van der Waals surface area (Å²) in [7, 11) is 1.64. The maximum Gasteiger partial charge on any atom is 0.230 e. The Bertz CT molecular complexity index is 219. The highest BCUT2D eigenvalue weighted by molar-refractivity contribution is 7.99. The molecule has 5 nitrogen and oxygen atoms in total. The van der Waals surface area contributed by atoms with Crippen LogP contribution in [0.25, 0.3) is 0 Å². The molecule has 1 heterocycles. The van der Waals surface area contributed by atoms with Gasteiger partial charge in [0.05, 0.1) is 19.0 Å². The molecule has 1 amide bonds. The van der Waals surface area contributed by atoms with E-state index in [0.717, 1.165) is 5.75 Å². The van der Waals surface area contributed by atoms with Crippen molar-refractivity contribution in [3.8, 4) is 0 Å². The second-order valence-corrected chi connectivity index (χ2v) is 4.95. The molecule has 0 aromatic heterocycles. The zero-order valence-corrected chi connectivity index (χ0v) is 10.3. The SMILES string of the molecule is COCCSCC(=O)NCC1(O)CCOC1. The first kappa shape index (κ1) is 13.8. The van der Waals surface area contributed by atoms with Gasteiger partial charge in [0.1, 0.15) is 5.60 Å². The number of nitrogens with one attached hydrogen (secondary N) is 1. The summed E-state index contributed by atoms with van der Waals surface area (Å²) in [6, 6.07) is 0. The Labute approximate surface area is 99.9 Å². The van der Waals surface area contributed by atoms with Crippen molar-refractivity contribution in [1.82, 2.24) is 5.32 Å². The van der Waals surface area contributed by atoms with E-state index < -0.39 is 5.60 Å². The number of carbonyl (C=O) groups is 1. The van der Waals surface area contributed by atoms with Crippen molar-refractivity contribution in [2.24, 2.45) is 0 Å². The number of methoxy groups -OCH3 is 1. The van der Waals surface area contributed by atoms with E-state index in [2.05, 4.69) is 5.32 Å². The molecular formula is C10H19NO4S. The average Bonchev–Trinajstić information content (AvgIpc) is 2.70. The summed E-state index contributed by atoms with van der Waals surface area (Å²) in [6.45, 7) is 1.80. The molecule has 0 aromatic carbocycles. The molecule has 0 aliphatic carbocycles. The summed E-state index contributed by atoms with van der Waals surface area (Å²) in [6.07, 6.45) is 0.587. The zero-order chi connectivity index (χ0) is 11.9. The predicted octanol–water partition coefficient (Wildman–Crippen LogP) is -0.366. The lowest BCUT2D eigenvalue weighted by molar-refractivity contribution is -0.119. The largest absolute Gasteiger partial charge is 0.386 e. The molecule has 1 rings (SSSR count). The Balaban J connectivity index is 2.05. The highest BCUT2D eigenvalue weighted by atomic mass is 32.2. The van der Waals surface area contributed by atoms with Crippen molar-refractivity contribution >= 4 is 17.7 Å². The van der Waals surface area contributed by atoms with E-state index >= 15 is 0 Å². The van der Waals surface area contributed by atoms with E-state index in [1.165, 1.54) is 11.8 Å². The molecule has 0 aromatic rings. The number of ether oxygens (including phenoxy) is 2. The summed E-state index contributed by atoms with van der Waals surface area (Å²) >= 11 is 1.52. The number of amides is 1. The molecule has 6 heteroatoms. The lowest BCUT2D eigenvalue weighted by Crippen LogP contribution is -2.43. The molecule has 1 fully saturated rings. The maximum atomic E-state index is 11.4. The van der Waals surface area contributed by atoms with Gasteiger partial charge in [0.25, 0.3) is 0 Å². The quantitative estimate of drug-likeness (QED) is 0.603. The van der Waals surface area contributed by atoms with Gasteiger partial charge in [0.2, 0.25) is 5.91 Å². The molecule has 1 unspecified atom stereocenters. The Kier molecular flexibility index (Phi) is 6.12. The standard InChI is InChI=1S/C10H19NO4S/c1-14-4-5-16-6-9(12)11-7-10(13)2-3-15-8-10/h13H,2-8H2,1H3,(H,11,12). The lowest BCUT2D eigenvalue weighted by Gasteiger charge is -2.20. The molecule has 0 saturated carbocycles. The third-order valence-corrected chi connectivity index (χ3v) is 3.28. The minimum absolute atomic E-state index is 0.0542. The van der Waals surface area contributed by atoms with Crippen LogP contribution < -0.4 is 5.32 Å². The number of hydrogen-bond donors (Lipinski definition) is 2. The first-order chi connectivity index (χ1) is 7.66. The maximum absolute atomic E-state index is 11.4. The summed E-state index contributed by atoms with van der Waals surface area (Å²) in [5.74, 6) is 1.15. The molecule has 1 aliphatic heterocycles. The van der Waals surface area contributed by atoms with E-state index in [0.29, 0.717) is 32.0 Å². The summed E-state index contributed by atoms with van der Waals surface area (Å²) in [5, 5.41) is 12.6. The van der Waals surface area contributed by atoms with Crippen molar-refractivity contribution in [1.29, 1.82) is 0 Å². The summed E-state index contributed by atoms with van der Waals surface area (Å²) in [5.41, 5.74) is -0.868. The fourth-order valence-electron chi connectivity index (χ4n) is 1.36. The van der Waals surface area contributed by atoms with Crippen LogP contribution in [0.5, 0.6) is 0 Å². The average molecular weight is 249 g/mol. The Morgan fingerprint density at radius 2 is 2.50 bits per heavy atom. The third kappa shape index (κ3) is 5.16. The Hall–Kier alpha value is -0.300. The van der Waals surface area contributed by atoms with Gasteiger partial charge < -0.3 is 19.9 Å². The van der Waals surface area contributed by atoms with E-state index in [9.17, 15) is 9.90 Å². The lowest BCUT2D eigenvalue weighted by atomic mass is 10.0. The van der Waals surface area contributed by atoms with Crippen molar-refractivity contribution in [3.05, 3.63) is 0 Å². The molecule has 2 N–H and O–H groups in total. The van der Waals surface area contributed by atoms with Crippen molar-refractivity contribution in [3.63, 3.8) is 0 Å². The Morgan fingerprint density at radius 1 is 1.69 bits per heavy atom. The molecule has 94 valence electrons. The van der Waals surface area contributed by atoms with Gasteiger partial charge in [0.15, 0.2) is 0 Å². The Morgan fingerprint density at radius 3 is 3.12 bits per heavy atom. The van der Waals surface area contributed by atoms with E-state index in [1.807, 2.05) is 0 Å². The molecular weight excluding hydrogens is 230 g/mol. The molecule has 0 radical (unpaired) electrons. The normalized spacial score (nSPS) is 24.6. The summed E-state index contributed by atoms with van der Waals surface area (Å²) in [4.78, 5) is 11.4. The van der Waals surface area contributed by atoms with Crippen molar-refractivity contribution < 1.29 is 19.4 Å². The zero-order valence-electron chi connectivity index (χ0n) is 9.53. The van der Waals surface area contributed by atoms with E-state index in [1.54, 1.807) is 7.11 Å². The topological polar surface area (TPSA) is 67.8 Å². The van der Waals surface area contributed by atoms with E-state index in [4.69, 9.17) is 9.47 Å². The van der Waals surface area contributed by atoms with Crippen LogP contribution in [0.15, 0.2) is 0 Å². The molecule has 0 spiro atoms. The van der Waals surface area contributed by atoms with Crippen LogP contribution in [0.3, 0.4) is 0 Å². The smallest absolute Gasteiger partial charge is 0.230 e. The molecule has 16 heavy (non-hydrogen) atoms. The van der Waals surface area contributed by atoms with Crippen LogP contribution in [0.2, 0.25) is 0 Å². The first-order valence-electron chi connectivity index (χ1n) is 5.30. The fraction of sp³-hybridized carbons (Fsp3) is 0.900. The van der Waals surface area contributed by atoms with Gasteiger partial charge in [-0.2, -0.15) is 0 Å². The molecule has 0 bridgehead atoms. The van der Waals surface area contributed by atoms with Crippen LogP contribution >= 0.6 is 11.8 Å². The van der Waals surface area contributed by atoms with Crippen LogP contribution in [0, 0.1) is 0 Å². The third-order valence-electron chi connectivity index (χ3n) is 2.36. The number of thioether (sulfide) groups is 1. The number of carbonyl (C=O) groups excluding carboxylic acids is 1. The van der Waals surface area contributed by atoms with Crippen LogP contribution in [0.1, 0.15) is 6.42 Å². The van der Waals surface area contributed by atoms with Gasteiger partial charge in [-0.05, 0) is 0 Å². The number of aliphatic hydroxyl groups is 1. The van der Waals surface area contributed by atoms with Crippen LogP contribution in [-0.2, 0) is 14.3 Å². The van der Waals surface area contributed by atoms with Gasteiger partial charge in [-0.15, -0.1) is 11.8 Å². The van der Waals surface area contributed by atoms with Gasteiger partial charge in [-0.1, -0.05) is 0 Å². The van der Waals surface area contributed by atoms with Crippen molar-refractivity contribution in [2.45, 2.75) is 12.0 Å². The van der Waals surface area contributed by atoms with Crippen LogP contribution in [0.4, 0.5) is 0 Å².